The molecule has 0 aliphatic heterocycles. The standard InChI is InChI=1S/C12H28N2O4S/c1-11(2)13-6-9-19(15,16)14(7-8-17-4)12(3)10-18-5/h11-13H,6-10H2,1-5H3. The van der Waals surface area contributed by atoms with Crippen molar-refractivity contribution in [3.8, 4) is 0 Å². The summed E-state index contributed by atoms with van der Waals surface area (Å²) in [5.41, 5.74) is 0. The first-order valence-corrected chi connectivity index (χ1v) is 8.16. The van der Waals surface area contributed by atoms with E-state index in [2.05, 4.69) is 5.32 Å². The normalized spacial score (nSPS) is 14.3. The minimum Gasteiger partial charge on any atom is -0.383 e. The monoisotopic (exact) mass is 296 g/mol. The van der Waals surface area contributed by atoms with E-state index in [1.807, 2.05) is 20.8 Å². The molecule has 0 aromatic rings. The summed E-state index contributed by atoms with van der Waals surface area (Å²) in [6.45, 7) is 7.37. The third kappa shape index (κ3) is 7.84. The Morgan fingerprint density at radius 2 is 1.79 bits per heavy atom. The molecule has 0 aromatic carbocycles. The van der Waals surface area contributed by atoms with E-state index in [-0.39, 0.29) is 17.8 Å². The Bertz CT molecular complexity index is 320. The molecule has 19 heavy (non-hydrogen) atoms. The summed E-state index contributed by atoms with van der Waals surface area (Å²) in [4.78, 5) is 0. The van der Waals surface area contributed by atoms with Gasteiger partial charge < -0.3 is 14.8 Å². The fraction of sp³-hybridized carbons (Fsp3) is 1.00. The van der Waals surface area contributed by atoms with Crippen molar-refractivity contribution in [2.75, 3.05) is 46.3 Å². The van der Waals surface area contributed by atoms with E-state index in [9.17, 15) is 8.42 Å². The number of ether oxygens (including phenoxy) is 2. The summed E-state index contributed by atoms with van der Waals surface area (Å²) >= 11 is 0. The minimum atomic E-state index is -3.30. The van der Waals surface area contributed by atoms with Crippen molar-refractivity contribution in [3.63, 3.8) is 0 Å². The van der Waals surface area contributed by atoms with Gasteiger partial charge in [-0.1, -0.05) is 13.8 Å². The van der Waals surface area contributed by atoms with Crippen LogP contribution in [0, 0.1) is 0 Å². The Hall–Kier alpha value is -0.210. The Morgan fingerprint density at radius 3 is 2.26 bits per heavy atom. The number of nitrogens with one attached hydrogen (secondary N) is 1. The van der Waals surface area contributed by atoms with Gasteiger partial charge in [-0.05, 0) is 6.92 Å². The average Bonchev–Trinajstić information content (AvgIpc) is 2.28. The zero-order valence-corrected chi connectivity index (χ0v) is 13.5. The van der Waals surface area contributed by atoms with Crippen molar-refractivity contribution in [1.82, 2.24) is 9.62 Å². The lowest BCUT2D eigenvalue weighted by atomic mass is 10.3. The van der Waals surface area contributed by atoms with Gasteiger partial charge in [0.2, 0.25) is 10.0 Å². The van der Waals surface area contributed by atoms with Gasteiger partial charge in [0.15, 0.2) is 0 Å². The molecule has 0 rings (SSSR count). The second-order valence-corrected chi connectivity index (χ2v) is 6.87. The van der Waals surface area contributed by atoms with E-state index >= 15 is 0 Å². The molecule has 6 nitrogen and oxygen atoms in total. The molecular formula is C12H28N2O4S. The lowest BCUT2D eigenvalue weighted by molar-refractivity contribution is 0.119. The number of sulfonamides is 1. The molecule has 0 aliphatic carbocycles. The first kappa shape index (κ1) is 18.8. The third-order valence-electron chi connectivity index (χ3n) is 2.69. The molecule has 1 atom stereocenters. The van der Waals surface area contributed by atoms with Crippen LogP contribution in [0.1, 0.15) is 20.8 Å². The van der Waals surface area contributed by atoms with E-state index < -0.39 is 10.0 Å². The maximum Gasteiger partial charge on any atom is 0.215 e. The smallest absolute Gasteiger partial charge is 0.215 e. The molecule has 0 aliphatic rings. The van der Waals surface area contributed by atoms with Gasteiger partial charge in [0.1, 0.15) is 0 Å². The van der Waals surface area contributed by atoms with Crippen molar-refractivity contribution >= 4 is 10.0 Å². The Kier molecular flexibility index (Phi) is 9.55. The van der Waals surface area contributed by atoms with E-state index in [0.29, 0.717) is 26.3 Å². The maximum absolute atomic E-state index is 12.3. The van der Waals surface area contributed by atoms with Crippen LogP contribution in [0.5, 0.6) is 0 Å². The van der Waals surface area contributed by atoms with Gasteiger partial charge in [0.25, 0.3) is 0 Å². The maximum atomic E-state index is 12.3. The van der Waals surface area contributed by atoms with Crippen LogP contribution in [-0.2, 0) is 19.5 Å². The molecule has 0 spiro atoms. The highest BCUT2D eigenvalue weighted by Gasteiger charge is 2.26. The quantitative estimate of drug-likeness (QED) is 0.594. The number of methoxy groups -OCH3 is 2. The van der Waals surface area contributed by atoms with Crippen molar-refractivity contribution in [3.05, 3.63) is 0 Å². The summed E-state index contributed by atoms with van der Waals surface area (Å²) in [6.07, 6.45) is 0. The highest BCUT2D eigenvalue weighted by atomic mass is 32.2. The molecule has 0 heterocycles. The van der Waals surface area contributed by atoms with Crippen LogP contribution in [0.2, 0.25) is 0 Å². The summed E-state index contributed by atoms with van der Waals surface area (Å²) in [5.74, 6) is 0.0863. The summed E-state index contributed by atoms with van der Waals surface area (Å²) < 4.78 is 36.1. The SMILES string of the molecule is COCCN(C(C)COC)S(=O)(=O)CCNC(C)C. The first-order chi connectivity index (χ1) is 8.85. The summed E-state index contributed by atoms with van der Waals surface area (Å²) in [5, 5.41) is 3.12. The van der Waals surface area contributed by atoms with Crippen molar-refractivity contribution < 1.29 is 17.9 Å². The van der Waals surface area contributed by atoms with Crippen LogP contribution in [0.3, 0.4) is 0 Å². The van der Waals surface area contributed by atoms with Gasteiger partial charge in [-0.3, -0.25) is 0 Å². The molecular weight excluding hydrogens is 268 g/mol. The number of nitrogens with zero attached hydrogens (tertiary/aromatic N) is 1. The van der Waals surface area contributed by atoms with Gasteiger partial charge in [0.05, 0.1) is 19.0 Å². The van der Waals surface area contributed by atoms with Gasteiger partial charge in [-0.2, -0.15) is 4.31 Å². The molecule has 0 amide bonds. The molecule has 116 valence electrons. The van der Waals surface area contributed by atoms with Crippen LogP contribution in [0.4, 0.5) is 0 Å². The molecule has 0 saturated heterocycles. The van der Waals surface area contributed by atoms with Crippen molar-refractivity contribution in [1.29, 1.82) is 0 Å². The second kappa shape index (κ2) is 9.66. The number of hydrogen-bond acceptors (Lipinski definition) is 5. The molecule has 0 radical (unpaired) electrons. The predicted octanol–water partition coefficient (Wildman–Crippen LogP) is 0.298. The van der Waals surface area contributed by atoms with E-state index in [1.165, 1.54) is 4.31 Å². The molecule has 1 unspecified atom stereocenters. The highest BCUT2D eigenvalue weighted by molar-refractivity contribution is 7.89. The Labute approximate surface area is 117 Å². The molecule has 0 fully saturated rings. The second-order valence-electron chi connectivity index (χ2n) is 4.83. The fourth-order valence-corrected chi connectivity index (χ4v) is 3.31. The van der Waals surface area contributed by atoms with Crippen LogP contribution in [0.25, 0.3) is 0 Å². The van der Waals surface area contributed by atoms with Gasteiger partial charge >= 0.3 is 0 Å². The van der Waals surface area contributed by atoms with E-state index in [1.54, 1.807) is 14.2 Å². The average molecular weight is 296 g/mol. The van der Waals surface area contributed by atoms with Gasteiger partial charge in [-0.25, -0.2) is 8.42 Å². The zero-order valence-electron chi connectivity index (χ0n) is 12.7. The summed E-state index contributed by atoms with van der Waals surface area (Å²) in [6, 6.07) is 0.0863. The van der Waals surface area contributed by atoms with Crippen molar-refractivity contribution in [2.45, 2.75) is 32.9 Å². The highest BCUT2D eigenvalue weighted by Crippen LogP contribution is 2.08. The lowest BCUT2D eigenvalue weighted by Crippen LogP contribution is -2.45. The molecule has 1 N–H and O–H groups in total. The topological polar surface area (TPSA) is 67.9 Å². The Morgan fingerprint density at radius 1 is 1.16 bits per heavy atom. The van der Waals surface area contributed by atoms with Crippen LogP contribution >= 0.6 is 0 Å². The molecule has 0 bridgehead atoms. The number of hydrogen-bond donors (Lipinski definition) is 1. The first-order valence-electron chi connectivity index (χ1n) is 6.56. The molecule has 0 saturated carbocycles. The minimum absolute atomic E-state index is 0.0863. The summed E-state index contributed by atoms with van der Waals surface area (Å²) in [7, 11) is -0.172. The molecule has 0 aromatic heterocycles. The number of rotatable bonds is 11. The fourth-order valence-electron chi connectivity index (χ4n) is 1.73. The lowest BCUT2D eigenvalue weighted by Gasteiger charge is -2.28. The van der Waals surface area contributed by atoms with Crippen LogP contribution in [-0.4, -0.2) is 71.1 Å². The van der Waals surface area contributed by atoms with E-state index in [4.69, 9.17) is 9.47 Å². The molecule has 7 heteroatoms. The Balaban J connectivity index is 4.61. The van der Waals surface area contributed by atoms with Gasteiger partial charge in [0, 0.05) is 39.4 Å². The van der Waals surface area contributed by atoms with Crippen molar-refractivity contribution in [2.24, 2.45) is 0 Å². The zero-order chi connectivity index (χ0) is 14.9. The van der Waals surface area contributed by atoms with E-state index in [0.717, 1.165) is 0 Å². The van der Waals surface area contributed by atoms with Gasteiger partial charge in [-0.15, -0.1) is 0 Å². The largest absolute Gasteiger partial charge is 0.383 e. The predicted molar refractivity (Wildman–Crippen MR) is 76.8 cm³/mol. The third-order valence-corrected chi connectivity index (χ3v) is 4.66. The van der Waals surface area contributed by atoms with Crippen LogP contribution < -0.4 is 5.32 Å². The van der Waals surface area contributed by atoms with Crippen LogP contribution in [0.15, 0.2) is 0 Å².